The van der Waals surface area contributed by atoms with Gasteiger partial charge in [0.15, 0.2) is 0 Å². The molecule has 1 heterocycles. The lowest BCUT2D eigenvalue weighted by Crippen LogP contribution is -2.19. The smallest absolute Gasteiger partial charge is 0.0547 e. The summed E-state index contributed by atoms with van der Waals surface area (Å²) in [6.07, 6.45) is 6.57. The summed E-state index contributed by atoms with van der Waals surface area (Å²) in [7, 11) is 0. The summed E-state index contributed by atoms with van der Waals surface area (Å²) in [6.45, 7) is 0. The van der Waals surface area contributed by atoms with Crippen molar-refractivity contribution in [2.24, 2.45) is 0 Å². The van der Waals surface area contributed by atoms with E-state index in [0.717, 1.165) is 24.2 Å². The third-order valence-corrected chi connectivity index (χ3v) is 13.8. The zero-order chi connectivity index (χ0) is 43.6. The van der Waals surface area contributed by atoms with E-state index in [9.17, 15) is 0 Å². The third-order valence-electron chi connectivity index (χ3n) is 13.8. The van der Waals surface area contributed by atoms with Gasteiger partial charge in [0, 0.05) is 38.7 Å². The van der Waals surface area contributed by atoms with E-state index < -0.39 is 0 Å². The van der Waals surface area contributed by atoms with Crippen LogP contribution in [0.15, 0.2) is 248 Å². The van der Waals surface area contributed by atoms with Crippen LogP contribution in [0.1, 0.15) is 18.4 Å². The Bertz CT molecular complexity index is 3930. The van der Waals surface area contributed by atoms with Crippen molar-refractivity contribution in [2.75, 3.05) is 4.90 Å². The third kappa shape index (κ3) is 6.18. The topological polar surface area (TPSA) is 8.17 Å². The maximum atomic E-state index is 2.56. The van der Waals surface area contributed by atoms with Crippen molar-refractivity contribution in [1.82, 2.24) is 4.57 Å². The Balaban J connectivity index is 1.01. The summed E-state index contributed by atoms with van der Waals surface area (Å²) >= 11 is 0. The number of aromatic nitrogens is 1. The van der Waals surface area contributed by atoms with E-state index in [1.807, 2.05) is 0 Å². The molecule has 13 rings (SSSR count). The lowest BCUT2D eigenvalue weighted by molar-refractivity contribution is 0.926. The van der Waals surface area contributed by atoms with Gasteiger partial charge in [-0.2, -0.15) is 0 Å². The minimum Gasteiger partial charge on any atom is -0.313 e. The number of allylic oxidation sites excluding steroid dienone is 4. The van der Waals surface area contributed by atoms with Gasteiger partial charge in [0.05, 0.1) is 22.4 Å². The monoisotopic (exact) mass is 840 g/mol. The average molecular weight is 841 g/mol. The molecular formula is C64H44N2. The van der Waals surface area contributed by atoms with Gasteiger partial charge >= 0.3 is 0 Å². The molecule has 11 aromatic carbocycles. The van der Waals surface area contributed by atoms with Crippen LogP contribution < -0.4 is 4.90 Å². The van der Waals surface area contributed by atoms with Crippen LogP contribution >= 0.6 is 0 Å². The van der Waals surface area contributed by atoms with Crippen molar-refractivity contribution in [2.45, 2.75) is 12.8 Å². The zero-order valence-corrected chi connectivity index (χ0v) is 36.4. The minimum atomic E-state index is 0.906. The minimum absolute atomic E-state index is 0.906. The highest BCUT2D eigenvalue weighted by Gasteiger charge is 2.25. The molecule has 0 spiro atoms. The Labute approximate surface area is 384 Å². The van der Waals surface area contributed by atoms with Gasteiger partial charge in [-0.15, -0.1) is 0 Å². The number of benzene rings is 11. The van der Waals surface area contributed by atoms with Crippen molar-refractivity contribution >= 4 is 81.8 Å². The first-order valence-corrected chi connectivity index (χ1v) is 23.1. The van der Waals surface area contributed by atoms with Crippen molar-refractivity contribution in [1.29, 1.82) is 0 Å². The molecule has 0 amide bonds. The first-order chi connectivity index (χ1) is 32.8. The predicted molar refractivity (Wildman–Crippen MR) is 282 cm³/mol. The number of nitrogens with zero attached hydrogens (tertiary/aromatic N) is 2. The molecule has 1 aliphatic rings. The molecule has 0 bridgehead atoms. The van der Waals surface area contributed by atoms with Crippen LogP contribution in [-0.4, -0.2) is 4.57 Å². The second-order valence-electron chi connectivity index (χ2n) is 17.5. The van der Waals surface area contributed by atoms with Gasteiger partial charge in [0.1, 0.15) is 0 Å². The molecule has 310 valence electrons. The average Bonchev–Trinajstić information content (AvgIpc) is 3.73. The quantitative estimate of drug-likeness (QED) is 0.155. The highest BCUT2D eigenvalue weighted by atomic mass is 15.2. The lowest BCUT2D eigenvalue weighted by atomic mass is 9.90. The second-order valence-corrected chi connectivity index (χ2v) is 17.5. The van der Waals surface area contributed by atoms with Gasteiger partial charge in [-0.25, -0.2) is 0 Å². The molecule has 0 unspecified atom stereocenters. The summed E-state index contributed by atoms with van der Waals surface area (Å²) in [5, 5.41) is 12.6. The van der Waals surface area contributed by atoms with Gasteiger partial charge in [-0.1, -0.05) is 200 Å². The first kappa shape index (κ1) is 38.0. The summed E-state index contributed by atoms with van der Waals surface area (Å²) in [4.78, 5) is 2.56. The fourth-order valence-electron chi connectivity index (χ4n) is 10.8. The normalized spacial score (nSPS) is 12.9. The van der Waals surface area contributed by atoms with E-state index in [0.29, 0.717) is 0 Å². The van der Waals surface area contributed by atoms with Crippen LogP contribution in [0.4, 0.5) is 11.4 Å². The Morgan fingerprint density at radius 3 is 1.85 bits per heavy atom. The maximum Gasteiger partial charge on any atom is 0.0547 e. The standard InChI is InChI=1S/C64H44N2/c1-2-19-47-42-48(33-32-43(47)16-1)51-39-41-62(57-25-8-7-24-54(51)57)65(60-30-13-10-26-56(60)55-28-15-20-44-17-3-5-21-50(44)55)49-37-34-46(35-38-49)52-22-9-12-29-59(52)66-61-31-14-11-27-58(61)64-53-23-6-4-18-45(53)36-40-63(64)66/h1-12,14-29,31-42H,13,30H2. The first-order valence-electron chi connectivity index (χ1n) is 23.1. The number of hydrogen-bond acceptors (Lipinski definition) is 1. The Kier molecular flexibility index (Phi) is 9.02. The van der Waals surface area contributed by atoms with Gasteiger partial charge in [0.25, 0.3) is 0 Å². The van der Waals surface area contributed by atoms with Gasteiger partial charge in [-0.05, 0) is 115 Å². The molecule has 0 radical (unpaired) electrons. The zero-order valence-electron chi connectivity index (χ0n) is 36.4. The molecule has 66 heavy (non-hydrogen) atoms. The molecule has 1 aliphatic carbocycles. The van der Waals surface area contributed by atoms with Crippen molar-refractivity contribution in [3.63, 3.8) is 0 Å². The molecule has 0 saturated heterocycles. The fourth-order valence-corrected chi connectivity index (χ4v) is 10.8. The van der Waals surface area contributed by atoms with Crippen molar-refractivity contribution in [3.05, 3.63) is 254 Å². The van der Waals surface area contributed by atoms with Crippen LogP contribution in [0.25, 0.3) is 98.4 Å². The molecule has 0 aliphatic heterocycles. The van der Waals surface area contributed by atoms with Crippen molar-refractivity contribution in [3.8, 4) is 27.9 Å². The molecular weight excluding hydrogens is 797 g/mol. The SMILES string of the molecule is C1=CC(c2cccc3ccccc23)=C(N(c2ccc(-c3ccccc3-n3c4ccccc4c4c5ccccc5ccc43)cc2)c2ccc(-c3ccc4ccccc4c3)c3ccccc23)CC1. The molecule has 0 atom stereocenters. The molecule has 2 heteroatoms. The second kappa shape index (κ2) is 15.7. The summed E-state index contributed by atoms with van der Waals surface area (Å²) in [5.74, 6) is 0. The number of para-hydroxylation sites is 2. The van der Waals surface area contributed by atoms with Crippen LogP contribution in [0.5, 0.6) is 0 Å². The molecule has 0 N–H and O–H groups in total. The Morgan fingerprint density at radius 2 is 1.00 bits per heavy atom. The van der Waals surface area contributed by atoms with Gasteiger partial charge in [0.2, 0.25) is 0 Å². The molecule has 0 saturated carbocycles. The van der Waals surface area contributed by atoms with Gasteiger partial charge < -0.3 is 9.47 Å². The van der Waals surface area contributed by atoms with Crippen LogP contribution in [0, 0.1) is 0 Å². The largest absolute Gasteiger partial charge is 0.313 e. The molecule has 1 aromatic heterocycles. The maximum absolute atomic E-state index is 2.56. The Morgan fingerprint density at radius 1 is 0.379 bits per heavy atom. The van der Waals surface area contributed by atoms with E-state index in [1.54, 1.807) is 0 Å². The van der Waals surface area contributed by atoms with Crippen LogP contribution in [-0.2, 0) is 0 Å². The number of rotatable bonds is 7. The highest BCUT2D eigenvalue weighted by Crippen LogP contribution is 2.46. The number of anilines is 2. The van der Waals surface area contributed by atoms with Crippen molar-refractivity contribution < 1.29 is 0 Å². The summed E-state index contributed by atoms with van der Waals surface area (Å²) < 4.78 is 2.46. The molecule has 0 fully saturated rings. The van der Waals surface area contributed by atoms with E-state index in [1.165, 1.54) is 110 Å². The number of fused-ring (bicyclic) bond motifs is 8. The van der Waals surface area contributed by atoms with E-state index in [4.69, 9.17) is 0 Å². The Hall–Kier alpha value is -8.46. The van der Waals surface area contributed by atoms with E-state index in [-0.39, 0.29) is 0 Å². The van der Waals surface area contributed by atoms with E-state index >= 15 is 0 Å². The fraction of sp³-hybridized carbons (Fsp3) is 0.0312. The molecule has 2 nitrogen and oxygen atoms in total. The van der Waals surface area contributed by atoms with Gasteiger partial charge in [-0.3, -0.25) is 0 Å². The summed E-state index contributed by atoms with van der Waals surface area (Å²) in [5.41, 5.74) is 14.5. The highest BCUT2D eigenvalue weighted by molar-refractivity contribution is 6.21. The predicted octanol–water partition coefficient (Wildman–Crippen LogP) is 17.6. The lowest BCUT2D eigenvalue weighted by Gasteiger charge is -2.33. The number of hydrogen-bond donors (Lipinski definition) is 0. The van der Waals surface area contributed by atoms with Crippen LogP contribution in [0.3, 0.4) is 0 Å². The van der Waals surface area contributed by atoms with Crippen LogP contribution in [0.2, 0.25) is 0 Å². The molecule has 12 aromatic rings. The summed E-state index contributed by atoms with van der Waals surface area (Å²) in [6, 6.07) is 85.0. The van der Waals surface area contributed by atoms with E-state index in [2.05, 4.69) is 252 Å².